The summed E-state index contributed by atoms with van der Waals surface area (Å²) in [5, 5.41) is 0. The van der Waals surface area contributed by atoms with Crippen LogP contribution >= 0.6 is 0 Å². The molecule has 0 amide bonds. The van der Waals surface area contributed by atoms with Gasteiger partial charge in [0.25, 0.3) is 0 Å². The molecule has 0 nitrogen and oxygen atoms in total. The van der Waals surface area contributed by atoms with Crippen LogP contribution in [0.3, 0.4) is 0 Å². The average molecular weight is 408 g/mol. The van der Waals surface area contributed by atoms with Crippen LogP contribution in [0.25, 0.3) is 0 Å². The molecule has 1 radical (unpaired) electrons. The molecule has 0 aromatic heterocycles. The number of hydrogen-bond acceptors (Lipinski definition) is 0. The summed E-state index contributed by atoms with van der Waals surface area (Å²) in [5.74, 6) is 0. The van der Waals surface area contributed by atoms with Gasteiger partial charge in [0, 0.05) is 0 Å². The molecule has 0 aromatic rings. The first-order chi connectivity index (χ1) is 10.0. The Kier molecular flexibility index (Phi) is 31.7. The summed E-state index contributed by atoms with van der Waals surface area (Å²) >= 11 is 0. The molecule has 0 aliphatic heterocycles. The Morgan fingerprint density at radius 1 is 0.217 bits per heavy atom. The second-order valence-electron chi connectivity index (χ2n) is 7.07. The Hall–Kier alpha value is 1.04. The normalized spacial score (nSPS) is 20.9. The van der Waals surface area contributed by atoms with Crippen LogP contribution in [0.4, 0.5) is 0 Å². The molecule has 0 bridgehead atoms. The minimum atomic E-state index is 0. The van der Waals surface area contributed by atoms with Crippen LogP contribution in [0.2, 0.25) is 0 Å². The van der Waals surface area contributed by atoms with Crippen molar-refractivity contribution in [2.45, 2.75) is 136 Å². The summed E-state index contributed by atoms with van der Waals surface area (Å²) in [5.41, 5.74) is 0. The first-order valence-corrected chi connectivity index (χ1v) is 10.00. The standard InChI is InChI=1S/4C5H10.CH4.2Fe/c4*1-2-4-5-3-1;;;/h4*1-5H2;1H4;;/q;;;;;+2;+3. The van der Waals surface area contributed by atoms with Gasteiger partial charge in [-0.2, -0.15) is 0 Å². The third kappa shape index (κ3) is 23.0. The molecular formula is C21H44Fe2+5. The van der Waals surface area contributed by atoms with Gasteiger partial charge in [0.2, 0.25) is 0 Å². The molecule has 2 heteroatoms. The van der Waals surface area contributed by atoms with E-state index in [1.54, 1.807) is 0 Å². The van der Waals surface area contributed by atoms with E-state index in [1.165, 1.54) is 128 Å². The predicted molar refractivity (Wildman–Crippen MR) is 99.1 cm³/mol. The summed E-state index contributed by atoms with van der Waals surface area (Å²) in [6.45, 7) is 0. The topological polar surface area (TPSA) is 0 Å². The maximum Gasteiger partial charge on any atom is 3.00 e. The van der Waals surface area contributed by atoms with Crippen molar-refractivity contribution in [1.29, 1.82) is 0 Å². The zero-order valence-corrected chi connectivity index (χ0v) is 17.1. The molecule has 0 aromatic carbocycles. The third-order valence-corrected chi connectivity index (χ3v) is 5.00. The fourth-order valence-corrected chi connectivity index (χ4v) is 3.54. The van der Waals surface area contributed by atoms with E-state index < -0.39 is 0 Å². The van der Waals surface area contributed by atoms with E-state index in [0.29, 0.717) is 0 Å². The molecule has 0 spiro atoms. The smallest absolute Gasteiger partial charge is 0.0776 e. The van der Waals surface area contributed by atoms with Crippen molar-refractivity contribution in [3.05, 3.63) is 0 Å². The van der Waals surface area contributed by atoms with E-state index in [4.69, 9.17) is 0 Å². The van der Waals surface area contributed by atoms with E-state index in [1.807, 2.05) is 0 Å². The van der Waals surface area contributed by atoms with Gasteiger partial charge in [-0.1, -0.05) is 136 Å². The molecule has 139 valence electrons. The number of hydrogen-bond donors (Lipinski definition) is 0. The second kappa shape index (κ2) is 25.3. The van der Waals surface area contributed by atoms with E-state index in [-0.39, 0.29) is 41.6 Å². The van der Waals surface area contributed by atoms with Gasteiger partial charge in [-0.3, -0.25) is 0 Å². The van der Waals surface area contributed by atoms with Gasteiger partial charge in [0.05, 0.1) is 0 Å². The summed E-state index contributed by atoms with van der Waals surface area (Å²) in [6, 6.07) is 0. The maximum atomic E-state index is 1.50. The minimum absolute atomic E-state index is 0. The van der Waals surface area contributed by atoms with Crippen molar-refractivity contribution < 1.29 is 34.1 Å². The van der Waals surface area contributed by atoms with Crippen molar-refractivity contribution >= 4 is 0 Å². The predicted octanol–water partition coefficient (Wildman–Crippen LogP) is 8.43. The average Bonchev–Trinajstić information content (AvgIpc) is 3.40. The molecule has 0 heterocycles. The summed E-state index contributed by atoms with van der Waals surface area (Å²) in [6.07, 6.45) is 30.0. The van der Waals surface area contributed by atoms with Gasteiger partial charge in [-0.25, -0.2) is 0 Å². The van der Waals surface area contributed by atoms with E-state index >= 15 is 0 Å². The fraction of sp³-hybridized carbons (Fsp3) is 1.00. The molecule has 4 saturated carbocycles. The SMILES string of the molecule is C.C1CCCC1.C1CCCC1.C1CCCC1.C1CCCC1.[Fe+2].[Fe+3]. The van der Waals surface area contributed by atoms with Gasteiger partial charge in [0.1, 0.15) is 0 Å². The zero-order chi connectivity index (χ0) is 14.1. The maximum absolute atomic E-state index is 1.50. The van der Waals surface area contributed by atoms with E-state index in [9.17, 15) is 0 Å². The van der Waals surface area contributed by atoms with Crippen LogP contribution in [0.1, 0.15) is 136 Å². The molecule has 0 atom stereocenters. The van der Waals surface area contributed by atoms with Crippen molar-refractivity contribution in [2.75, 3.05) is 0 Å². The van der Waals surface area contributed by atoms with Gasteiger partial charge >= 0.3 is 34.1 Å². The second-order valence-corrected chi connectivity index (χ2v) is 7.07. The van der Waals surface area contributed by atoms with Crippen molar-refractivity contribution in [1.82, 2.24) is 0 Å². The van der Waals surface area contributed by atoms with Crippen LogP contribution < -0.4 is 0 Å². The van der Waals surface area contributed by atoms with Gasteiger partial charge in [0.15, 0.2) is 0 Å². The Labute approximate surface area is 169 Å². The van der Waals surface area contributed by atoms with E-state index in [0.717, 1.165) is 0 Å². The van der Waals surface area contributed by atoms with Crippen molar-refractivity contribution in [3.63, 3.8) is 0 Å². The number of rotatable bonds is 0. The quantitative estimate of drug-likeness (QED) is 0.353. The molecule has 4 fully saturated rings. The molecular weight excluding hydrogens is 364 g/mol. The van der Waals surface area contributed by atoms with Gasteiger partial charge in [-0.15, -0.1) is 0 Å². The molecule has 0 saturated heterocycles. The third-order valence-electron chi connectivity index (χ3n) is 5.00. The Bertz CT molecular complexity index is 96.2. The van der Waals surface area contributed by atoms with Crippen LogP contribution in [0.15, 0.2) is 0 Å². The molecule has 23 heavy (non-hydrogen) atoms. The van der Waals surface area contributed by atoms with Crippen LogP contribution in [-0.4, -0.2) is 0 Å². The molecule has 4 rings (SSSR count). The van der Waals surface area contributed by atoms with Gasteiger partial charge < -0.3 is 0 Å². The monoisotopic (exact) mass is 408 g/mol. The van der Waals surface area contributed by atoms with E-state index in [2.05, 4.69) is 0 Å². The Morgan fingerprint density at radius 3 is 0.304 bits per heavy atom. The van der Waals surface area contributed by atoms with Crippen molar-refractivity contribution in [3.8, 4) is 0 Å². The van der Waals surface area contributed by atoms with Crippen LogP contribution in [0, 0.1) is 0 Å². The first kappa shape index (κ1) is 28.8. The largest absolute Gasteiger partial charge is 3.00 e. The Morgan fingerprint density at radius 2 is 0.261 bits per heavy atom. The fourth-order valence-electron chi connectivity index (χ4n) is 3.54. The summed E-state index contributed by atoms with van der Waals surface area (Å²) < 4.78 is 0. The molecule has 4 aliphatic carbocycles. The van der Waals surface area contributed by atoms with Gasteiger partial charge in [-0.05, 0) is 0 Å². The first-order valence-electron chi connectivity index (χ1n) is 10.00. The molecule has 4 aliphatic rings. The Balaban J connectivity index is -0.000000222. The molecule has 0 N–H and O–H groups in total. The summed E-state index contributed by atoms with van der Waals surface area (Å²) in [7, 11) is 0. The van der Waals surface area contributed by atoms with Crippen LogP contribution in [0.5, 0.6) is 0 Å². The zero-order valence-electron chi connectivity index (χ0n) is 14.8. The van der Waals surface area contributed by atoms with Crippen molar-refractivity contribution in [2.24, 2.45) is 0 Å². The minimum Gasteiger partial charge on any atom is -0.0776 e. The van der Waals surface area contributed by atoms with Crippen LogP contribution in [-0.2, 0) is 34.1 Å². The molecule has 0 unspecified atom stereocenters. The summed E-state index contributed by atoms with van der Waals surface area (Å²) in [4.78, 5) is 0.